The zero-order valence-corrected chi connectivity index (χ0v) is 10.8. The maximum atomic E-state index is 11.2. The lowest BCUT2D eigenvalue weighted by molar-refractivity contribution is -0.384. The van der Waals surface area contributed by atoms with Crippen molar-refractivity contribution in [2.45, 2.75) is 6.04 Å². The van der Waals surface area contributed by atoms with Crippen LogP contribution in [-0.4, -0.2) is 16.5 Å². The van der Waals surface area contributed by atoms with Crippen LogP contribution in [0.2, 0.25) is 0 Å². The minimum Gasteiger partial charge on any atom is -0.491 e. The second-order valence-corrected chi connectivity index (χ2v) is 4.47. The number of rotatable bonds is 3. The molecule has 0 radical (unpaired) electrons. The van der Waals surface area contributed by atoms with E-state index in [2.05, 4.69) is 10.3 Å². The third-order valence-electron chi connectivity index (χ3n) is 3.24. The number of hydrogen-bond acceptors (Lipinski definition) is 6. The van der Waals surface area contributed by atoms with Gasteiger partial charge in [0.25, 0.3) is 0 Å². The van der Waals surface area contributed by atoms with E-state index in [1.54, 1.807) is 0 Å². The lowest BCUT2D eigenvalue weighted by atomic mass is 10.1. The molecule has 7 heteroatoms. The van der Waals surface area contributed by atoms with Crippen LogP contribution in [-0.2, 0) is 0 Å². The van der Waals surface area contributed by atoms with E-state index in [0.717, 1.165) is 11.3 Å². The van der Waals surface area contributed by atoms with Crippen molar-refractivity contribution in [1.82, 2.24) is 4.98 Å². The molecule has 1 N–H and O–H groups in total. The number of nitrogens with zero attached hydrogens (tertiary/aromatic N) is 3. The van der Waals surface area contributed by atoms with E-state index >= 15 is 0 Å². The Kier molecular flexibility index (Phi) is 3.12. The summed E-state index contributed by atoms with van der Waals surface area (Å²) in [5, 5.41) is 23.1. The number of benzene rings is 1. The molecule has 2 aromatic rings. The van der Waals surface area contributed by atoms with E-state index in [1.165, 1.54) is 12.3 Å². The van der Waals surface area contributed by atoms with E-state index < -0.39 is 4.92 Å². The number of aromatic nitrogens is 1. The van der Waals surface area contributed by atoms with Crippen LogP contribution in [0.3, 0.4) is 0 Å². The second kappa shape index (κ2) is 5.09. The number of nitro groups is 1. The van der Waals surface area contributed by atoms with Gasteiger partial charge in [0.2, 0.25) is 5.82 Å². The van der Waals surface area contributed by atoms with Gasteiger partial charge in [0, 0.05) is 11.8 Å². The number of nitrogens with one attached hydrogen (secondary N) is 1. The van der Waals surface area contributed by atoms with Crippen LogP contribution in [0.1, 0.15) is 17.2 Å². The van der Waals surface area contributed by atoms with Crippen LogP contribution >= 0.6 is 0 Å². The van der Waals surface area contributed by atoms with Gasteiger partial charge in [-0.3, -0.25) is 10.1 Å². The highest BCUT2D eigenvalue weighted by molar-refractivity contribution is 5.65. The summed E-state index contributed by atoms with van der Waals surface area (Å²) in [6.45, 7) is 0.356. The summed E-state index contributed by atoms with van der Waals surface area (Å²) in [6, 6.07) is 10.4. The molecule has 0 saturated carbocycles. The van der Waals surface area contributed by atoms with Gasteiger partial charge in [-0.15, -0.1) is 0 Å². The quantitative estimate of drug-likeness (QED) is 0.685. The topological polar surface area (TPSA) is 101 Å². The third-order valence-corrected chi connectivity index (χ3v) is 3.24. The number of fused-ring (bicyclic) bond motifs is 1. The molecule has 0 aliphatic carbocycles. The number of pyridine rings is 1. The Balaban J connectivity index is 1.97. The minimum atomic E-state index is -0.602. The average Bonchev–Trinajstić information content (AvgIpc) is 2.90. The standard InChI is InChI=1S/C14H10N4O3/c15-7-9-5-6-16-14(13(9)18(19)20)17-11-8-21-12-4-2-1-3-10(11)12/h1-6,11H,8H2,(H,16,17). The second-order valence-electron chi connectivity index (χ2n) is 4.47. The van der Waals surface area contributed by atoms with Gasteiger partial charge in [0.1, 0.15) is 24.0 Å². The first-order chi connectivity index (χ1) is 10.2. The SMILES string of the molecule is N#Cc1ccnc(NC2COc3ccccc32)c1[N+](=O)[O-]. The predicted octanol–water partition coefficient (Wildman–Crippen LogP) is 2.41. The highest BCUT2D eigenvalue weighted by Gasteiger charge is 2.28. The molecule has 1 aromatic heterocycles. The van der Waals surface area contributed by atoms with Gasteiger partial charge in [0.05, 0.1) is 11.0 Å². The Labute approximate surface area is 120 Å². The number of hydrogen-bond donors (Lipinski definition) is 1. The Morgan fingerprint density at radius 2 is 2.24 bits per heavy atom. The van der Waals surface area contributed by atoms with E-state index in [-0.39, 0.29) is 23.1 Å². The molecule has 0 bridgehead atoms. The third kappa shape index (κ3) is 2.23. The molecular weight excluding hydrogens is 272 g/mol. The van der Waals surface area contributed by atoms with Gasteiger partial charge in [-0.25, -0.2) is 4.98 Å². The highest BCUT2D eigenvalue weighted by Crippen LogP contribution is 2.36. The van der Waals surface area contributed by atoms with Crippen LogP contribution in [0.15, 0.2) is 36.5 Å². The maximum Gasteiger partial charge on any atom is 0.328 e. The minimum absolute atomic E-state index is 0.0234. The zero-order valence-electron chi connectivity index (χ0n) is 10.8. The van der Waals surface area contributed by atoms with Gasteiger partial charge in [-0.05, 0) is 12.1 Å². The van der Waals surface area contributed by atoms with E-state index in [9.17, 15) is 10.1 Å². The number of nitriles is 1. The fraction of sp³-hybridized carbons (Fsp3) is 0.143. The first-order valence-corrected chi connectivity index (χ1v) is 6.22. The normalized spacial score (nSPS) is 15.7. The van der Waals surface area contributed by atoms with Crippen molar-refractivity contribution in [1.29, 1.82) is 5.26 Å². The monoisotopic (exact) mass is 282 g/mol. The lowest BCUT2D eigenvalue weighted by Crippen LogP contribution is -2.14. The van der Waals surface area contributed by atoms with E-state index in [1.807, 2.05) is 30.3 Å². The van der Waals surface area contributed by atoms with Crippen LogP contribution in [0.25, 0.3) is 0 Å². The van der Waals surface area contributed by atoms with Crippen LogP contribution in [0.4, 0.5) is 11.5 Å². The molecule has 1 aliphatic heterocycles. The molecule has 0 spiro atoms. The van der Waals surface area contributed by atoms with E-state index in [0.29, 0.717) is 6.61 Å². The summed E-state index contributed by atoms with van der Waals surface area (Å²) in [4.78, 5) is 14.5. The zero-order chi connectivity index (χ0) is 14.8. The van der Waals surface area contributed by atoms with Gasteiger partial charge < -0.3 is 10.1 Å². The van der Waals surface area contributed by atoms with Crippen molar-refractivity contribution in [3.63, 3.8) is 0 Å². The number of para-hydroxylation sites is 1. The summed E-state index contributed by atoms with van der Waals surface area (Å²) in [5.41, 5.74) is 0.574. The highest BCUT2D eigenvalue weighted by atomic mass is 16.6. The molecular formula is C14H10N4O3. The molecule has 7 nitrogen and oxygen atoms in total. The average molecular weight is 282 g/mol. The maximum absolute atomic E-state index is 11.2. The molecule has 1 aromatic carbocycles. The van der Waals surface area contributed by atoms with Gasteiger partial charge in [-0.1, -0.05) is 18.2 Å². The summed E-state index contributed by atoms with van der Waals surface area (Å²) in [6.07, 6.45) is 1.37. The Bertz CT molecular complexity index is 754. The first-order valence-electron chi connectivity index (χ1n) is 6.22. The number of ether oxygens (including phenoxy) is 1. The van der Waals surface area contributed by atoms with Crippen molar-refractivity contribution >= 4 is 11.5 Å². The van der Waals surface area contributed by atoms with Crippen LogP contribution in [0, 0.1) is 21.4 Å². The number of anilines is 1. The predicted molar refractivity (Wildman–Crippen MR) is 73.9 cm³/mol. The van der Waals surface area contributed by atoms with E-state index in [4.69, 9.17) is 10.00 Å². The molecule has 104 valence electrons. The Hall–Kier alpha value is -3.14. The molecule has 1 aliphatic rings. The Morgan fingerprint density at radius 1 is 1.43 bits per heavy atom. The van der Waals surface area contributed by atoms with Crippen molar-refractivity contribution in [2.75, 3.05) is 11.9 Å². The molecule has 21 heavy (non-hydrogen) atoms. The smallest absolute Gasteiger partial charge is 0.328 e. The summed E-state index contributed by atoms with van der Waals surface area (Å²) >= 11 is 0. The summed E-state index contributed by atoms with van der Waals surface area (Å²) in [7, 11) is 0. The van der Waals surface area contributed by atoms with Crippen molar-refractivity contribution in [3.8, 4) is 11.8 Å². The molecule has 1 unspecified atom stereocenters. The Morgan fingerprint density at radius 3 is 3.00 bits per heavy atom. The van der Waals surface area contributed by atoms with Crippen LogP contribution in [0.5, 0.6) is 5.75 Å². The molecule has 2 heterocycles. The molecule has 0 fully saturated rings. The van der Waals surface area contributed by atoms with Gasteiger partial charge >= 0.3 is 5.69 Å². The lowest BCUT2D eigenvalue weighted by Gasteiger charge is -2.12. The van der Waals surface area contributed by atoms with Gasteiger partial charge in [0.15, 0.2) is 0 Å². The fourth-order valence-corrected chi connectivity index (χ4v) is 2.28. The van der Waals surface area contributed by atoms with Crippen molar-refractivity contribution in [2.24, 2.45) is 0 Å². The molecule has 3 rings (SSSR count). The molecule has 0 amide bonds. The summed E-state index contributed by atoms with van der Waals surface area (Å²) in [5.74, 6) is 0.818. The van der Waals surface area contributed by atoms with Crippen molar-refractivity contribution < 1.29 is 9.66 Å². The van der Waals surface area contributed by atoms with Crippen LogP contribution < -0.4 is 10.1 Å². The first kappa shape index (κ1) is 12.9. The van der Waals surface area contributed by atoms with Gasteiger partial charge in [-0.2, -0.15) is 5.26 Å². The fourth-order valence-electron chi connectivity index (χ4n) is 2.28. The van der Waals surface area contributed by atoms with Crippen molar-refractivity contribution in [3.05, 3.63) is 57.8 Å². The molecule has 1 atom stereocenters. The summed E-state index contributed by atoms with van der Waals surface area (Å²) < 4.78 is 5.52. The largest absolute Gasteiger partial charge is 0.491 e. The molecule has 0 saturated heterocycles.